The first-order chi connectivity index (χ1) is 5.90. The van der Waals surface area contributed by atoms with E-state index in [1.54, 1.807) is 12.2 Å². The molecule has 0 aliphatic carbocycles. The highest BCUT2D eigenvalue weighted by molar-refractivity contribution is 5.41. The molecule has 3 heteroatoms. The van der Waals surface area contributed by atoms with Crippen molar-refractivity contribution in [2.75, 3.05) is 0 Å². The van der Waals surface area contributed by atoms with Crippen LogP contribution < -0.4 is 5.43 Å². The molecular formula is C9H7N3. The highest BCUT2D eigenvalue weighted by Gasteiger charge is 2.08. The fraction of sp³-hybridized carbons (Fsp3) is 0. The average molecular weight is 157 g/mol. The summed E-state index contributed by atoms with van der Waals surface area (Å²) >= 11 is 0. The summed E-state index contributed by atoms with van der Waals surface area (Å²) in [6.45, 7) is 0. The molecule has 0 amide bonds. The molecule has 0 radical (unpaired) electrons. The third-order valence-corrected chi connectivity index (χ3v) is 1.71. The predicted octanol–water partition coefficient (Wildman–Crippen LogP) is 1.18. The molecule has 0 saturated carbocycles. The van der Waals surface area contributed by atoms with Gasteiger partial charge in [-0.1, -0.05) is 0 Å². The molecule has 2 aliphatic heterocycles. The SMILES string of the molecule is N#CC1=CC=C2C=CNN2C=C1. The summed E-state index contributed by atoms with van der Waals surface area (Å²) in [4.78, 5) is 0. The maximum Gasteiger partial charge on any atom is 0.0992 e. The molecule has 2 heterocycles. The van der Waals surface area contributed by atoms with Crippen LogP contribution >= 0.6 is 0 Å². The minimum Gasteiger partial charge on any atom is -0.302 e. The Morgan fingerprint density at radius 1 is 1.33 bits per heavy atom. The van der Waals surface area contributed by atoms with Gasteiger partial charge in [0.05, 0.1) is 17.3 Å². The van der Waals surface area contributed by atoms with E-state index in [4.69, 9.17) is 5.26 Å². The second-order valence-electron chi connectivity index (χ2n) is 2.47. The third kappa shape index (κ3) is 0.995. The Morgan fingerprint density at radius 3 is 3.08 bits per heavy atom. The molecule has 0 saturated heterocycles. The second-order valence-corrected chi connectivity index (χ2v) is 2.47. The van der Waals surface area contributed by atoms with Gasteiger partial charge in [-0.3, -0.25) is 5.01 Å². The van der Waals surface area contributed by atoms with E-state index in [-0.39, 0.29) is 0 Å². The second kappa shape index (κ2) is 2.59. The van der Waals surface area contributed by atoms with Crippen molar-refractivity contribution in [3.05, 3.63) is 48.0 Å². The van der Waals surface area contributed by atoms with Crippen LogP contribution in [-0.2, 0) is 0 Å². The average Bonchev–Trinajstić information content (AvgIpc) is 2.46. The van der Waals surface area contributed by atoms with Crippen molar-refractivity contribution in [1.82, 2.24) is 10.4 Å². The number of hydrogen-bond donors (Lipinski definition) is 1. The lowest BCUT2D eigenvalue weighted by molar-refractivity contribution is 0.432. The van der Waals surface area contributed by atoms with Crippen LogP contribution in [0.15, 0.2) is 48.0 Å². The zero-order valence-electron chi connectivity index (χ0n) is 6.36. The summed E-state index contributed by atoms with van der Waals surface area (Å²) < 4.78 is 0. The number of hydrazine groups is 1. The molecule has 0 spiro atoms. The standard InChI is InChI=1S/C9H7N3/c10-7-8-1-2-9-3-5-11-12(9)6-4-8/h1-6,11H. The number of rotatable bonds is 0. The van der Waals surface area contributed by atoms with E-state index in [1.807, 2.05) is 29.6 Å². The summed E-state index contributed by atoms with van der Waals surface area (Å²) in [5, 5.41) is 10.5. The molecule has 2 rings (SSSR count). The molecule has 0 aromatic heterocycles. The van der Waals surface area contributed by atoms with E-state index >= 15 is 0 Å². The fourth-order valence-electron chi connectivity index (χ4n) is 1.08. The lowest BCUT2D eigenvalue weighted by Gasteiger charge is -2.13. The normalized spacial score (nSPS) is 18.8. The molecule has 3 nitrogen and oxygen atoms in total. The Bertz CT molecular complexity index is 352. The first kappa shape index (κ1) is 6.74. The Kier molecular flexibility index (Phi) is 1.45. The molecule has 0 atom stereocenters. The minimum atomic E-state index is 0.659. The summed E-state index contributed by atoms with van der Waals surface area (Å²) in [6.07, 6.45) is 11.1. The van der Waals surface area contributed by atoms with Crippen molar-refractivity contribution >= 4 is 0 Å². The van der Waals surface area contributed by atoms with Gasteiger partial charge >= 0.3 is 0 Å². The quantitative estimate of drug-likeness (QED) is 0.574. The van der Waals surface area contributed by atoms with Crippen molar-refractivity contribution in [3.8, 4) is 6.07 Å². The topological polar surface area (TPSA) is 39.1 Å². The van der Waals surface area contributed by atoms with Gasteiger partial charge in [0.2, 0.25) is 0 Å². The summed E-state index contributed by atoms with van der Waals surface area (Å²) in [5.41, 5.74) is 4.70. The van der Waals surface area contributed by atoms with Crippen LogP contribution in [-0.4, -0.2) is 5.01 Å². The lowest BCUT2D eigenvalue weighted by atomic mass is 10.2. The predicted molar refractivity (Wildman–Crippen MR) is 45.0 cm³/mol. The number of nitrogens with one attached hydrogen (secondary N) is 1. The number of nitriles is 1. The zero-order valence-corrected chi connectivity index (χ0v) is 6.36. The van der Waals surface area contributed by atoms with Crippen LogP contribution in [0.3, 0.4) is 0 Å². The van der Waals surface area contributed by atoms with Crippen LogP contribution in [0.4, 0.5) is 0 Å². The Balaban J connectivity index is 2.37. The molecule has 58 valence electrons. The molecule has 1 N–H and O–H groups in total. The smallest absolute Gasteiger partial charge is 0.0992 e. The summed E-state index contributed by atoms with van der Waals surface area (Å²) in [5.74, 6) is 0. The Morgan fingerprint density at radius 2 is 2.25 bits per heavy atom. The monoisotopic (exact) mass is 157 g/mol. The fourth-order valence-corrected chi connectivity index (χ4v) is 1.08. The van der Waals surface area contributed by atoms with E-state index in [9.17, 15) is 0 Å². The van der Waals surface area contributed by atoms with E-state index in [2.05, 4.69) is 11.5 Å². The highest BCUT2D eigenvalue weighted by atomic mass is 15.5. The molecular weight excluding hydrogens is 150 g/mol. The Labute approximate surface area is 70.6 Å². The van der Waals surface area contributed by atoms with Crippen molar-refractivity contribution in [2.24, 2.45) is 0 Å². The molecule has 12 heavy (non-hydrogen) atoms. The maximum atomic E-state index is 8.62. The van der Waals surface area contributed by atoms with Crippen LogP contribution in [0.2, 0.25) is 0 Å². The Hall–Kier alpha value is -1.95. The maximum absolute atomic E-state index is 8.62. The van der Waals surface area contributed by atoms with Gasteiger partial charge in [-0.05, 0) is 24.3 Å². The zero-order chi connectivity index (χ0) is 8.39. The van der Waals surface area contributed by atoms with Gasteiger partial charge in [0, 0.05) is 12.4 Å². The van der Waals surface area contributed by atoms with Crippen LogP contribution in [0.5, 0.6) is 0 Å². The molecule has 2 aliphatic rings. The number of hydrogen-bond acceptors (Lipinski definition) is 3. The van der Waals surface area contributed by atoms with Crippen molar-refractivity contribution in [1.29, 1.82) is 5.26 Å². The molecule has 0 aromatic rings. The lowest BCUT2D eigenvalue weighted by Crippen LogP contribution is -2.21. The van der Waals surface area contributed by atoms with E-state index < -0.39 is 0 Å². The first-order valence-electron chi connectivity index (χ1n) is 3.62. The minimum absolute atomic E-state index is 0.659. The van der Waals surface area contributed by atoms with Crippen LogP contribution in [0, 0.1) is 11.3 Å². The third-order valence-electron chi connectivity index (χ3n) is 1.71. The van der Waals surface area contributed by atoms with Crippen LogP contribution in [0.25, 0.3) is 0 Å². The number of nitrogens with zero attached hydrogens (tertiary/aromatic N) is 2. The van der Waals surface area contributed by atoms with Crippen molar-refractivity contribution < 1.29 is 0 Å². The molecule has 0 aromatic carbocycles. The van der Waals surface area contributed by atoms with Gasteiger partial charge in [-0.25, -0.2) is 0 Å². The van der Waals surface area contributed by atoms with Crippen molar-refractivity contribution in [2.45, 2.75) is 0 Å². The van der Waals surface area contributed by atoms with Gasteiger partial charge in [0.15, 0.2) is 0 Å². The number of allylic oxidation sites excluding steroid dienone is 5. The van der Waals surface area contributed by atoms with E-state index in [0.29, 0.717) is 5.57 Å². The molecule has 0 unspecified atom stereocenters. The van der Waals surface area contributed by atoms with Gasteiger partial charge in [-0.2, -0.15) is 5.26 Å². The highest BCUT2D eigenvalue weighted by Crippen LogP contribution is 2.14. The van der Waals surface area contributed by atoms with Gasteiger partial charge in [-0.15, -0.1) is 0 Å². The summed E-state index contributed by atoms with van der Waals surface area (Å²) in [6, 6.07) is 2.08. The molecule has 0 bridgehead atoms. The largest absolute Gasteiger partial charge is 0.302 e. The van der Waals surface area contributed by atoms with Gasteiger partial charge in [0.1, 0.15) is 0 Å². The van der Waals surface area contributed by atoms with Crippen molar-refractivity contribution in [3.63, 3.8) is 0 Å². The summed E-state index contributed by atoms with van der Waals surface area (Å²) in [7, 11) is 0. The van der Waals surface area contributed by atoms with Gasteiger partial charge < -0.3 is 5.43 Å². The van der Waals surface area contributed by atoms with E-state index in [1.165, 1.54) is 0 Å². The van der Waals surface area contributed by atoms with Crippen LogP contribution in [0.1, 0.15) is 0 Å². The number of fused-ring (bicyclic) bond motifs is 1. The van der Waals surface area contributed by atoms with Gasteiger partial charge in [0.25, 0.3) is 0 Å². The first-order valence-corrected chi connectivity index (χ1v) is 3.62. The molecule has 0 fully saturated rings. The van der Waals surface area contributed by atoms with E-state index in [0.717, 1.165) is 5.70 Å².